The van der Waals surface area contributed by atoms with Gasteiger partial charge in [-0.2, -0.15) is 0 Å². The summed E-state index contributed by atoms with van der Waals surface area (Å²) in [5.41, 5.74) is 0.217. The third-order valence-electron chi connectivity index (χ3n) is 3.67. The van der Waals surface area contributed by atoms with E-state index in [2.05, 4.69) is 0 Å². The van der Waals surface area contributed by atoms with Gasteiger partial charge in [-0.05, 0) is 43.9 Å². The van der Waals surface area contributed by atoms with Crippen molar-refractivity contribution in [3.05, 3.63) is 29.1 Å². The van der Waals surface area contributed by atoms with E-state index in [0.29, 0.717) is 0 Å². The number of nitrogens with zero attached hydrogens (tertiary/aromatic N) is 1. The van der Waals surface area contributed by atoms with E-state index in [0.717, 1.165) is 25.3 Å². The zero-order chi connectivity index (χ0) is 15.1. The molecule has 1 aromatic rings. The maximum atomic E-state index is 13.8. The number of amides is 1. The second-order valence-electron chi connectivity index (χ2n) is 5.04. The number of hydrogen-bond acceptors (Lipinski definition) is 3. The largest absolute Gasteiger partial charge is 0.339 e. The van der Waals surface area contributed by atoms with Gasteiger partial charge in [0.05, 0.1) is 0 Å². The SMILES string of the molecule is Cc1cc(C(=O)N(C)C2CCC2)cc(S(=O)(=O)Cl)c1F. The molecule has 0 N–H and O–H groups in total. The molecule has 1 aliphatic rings. The average molecular weight is 320 g/mol. The normalized spacial score (nSPS) is 15.8. The summed E-state index contributed by atoms with van der Waals surface area (Å²) in [5, 5.41) is 0. The van der Waals surface area contributed by atoms with Gasteiger partial charge in [0.15, 0.2) is 0 Å². The topological polar surface area (TPSA) is 54.5 Å². The standard InChI is InChI=1S/C13H15ClFNO3S/c1-8-6-9(7-11(12(8)15)20(14,18)19)13(17)16(2)10-4-3-5-10/h6-7,10H,3-5H2,1-2H3. The molecule has 4 nitrogen and oxygen atoms in total. The summed E-state index contributed by atoms with van der Waals surface area (Å²) in [7, 11) is 2.64. The van der Waals surface area contributed by atoms with Crippen molar-refractivity contribution in [3.8, 4) is 0 Å². The van der Waals surface area contributed by atoms with Crippen molar-refractivity contribution < 1.29 is 17.6 Å². The van der Waals surface area contributed by atoms with Crippen LogP contribution < -0.4 is 0 Å². The van der Waals surface area contributed by atoms with Crippen molar-refractivity contribution in [2.75, 3.05) is 7.05 Å². The second kappa shape index (κ2) is 5.33. The van der Waals surface area contributed by atoms with Crippen molar-refractivity contribution in [3.63, 3.8) is 0 Å². The third-order valence-corrected chi connectivity index (χ3v) is 4.99. The van der Waals surface area contributed by atoms with Crippen molar-refractivity contribution in [1.82, 2.24) is 4.90 Å². The molecule has 0 spiro atoms. The van der Waals surface area contributed by atoms with E-state index in [-0.39, 0.29) is 23.1 Å². The molecule has 1 fully saturated rings. The average Bonchev–Trinajstić information content (AvgIpc) is 2.27. The molecular weight excluding hydrogens is 305 g/mol. The zero-order valence-electron chi connectivity index (χ0n) is 11.2. The Morgan fingerprint density at radius 2 is 2.00 bits per heavy atom. The lowest BCUT2D eigenvalue weighted by Gasteiger charge is -2.34. The maximum Gasteiger partial charge on any atom is 0.264 e. The first-order valence-electron chi connectivity index (χ1n) is 6.24. The summed E-state index contributed by atoms with van der Waals surface area (Å²) in [6.07, 6.45) is 2.94. The van der Waals surface area contributed by atoms with E-state index >= 15 is 0 Å². The summed E-state index contributed by atoms with van der Waals surface area (Å²) in [4.78, 5) is 13.2. The Morgan fingerprint density at radius 1 is 1.40 bits per heavy atom. The molecule has 110 valence electrons. The number of benzene rings is 1. The third kappa shape index (κ3) is 2.81. The minimum absolute atomic E-state index is 0.0806. The first-order valence-corrected chi connectivity index (χ1v) is 8.54. The van der Waals surface area contributed by atoms with Crippen LogP contribution in [0.2, 0.25) is 0 Å². The Morgan fingerprint density at radius 3 is 2.45 bits per heavy atom. The first kappa shape index (κ1) is 15.3. The van der Waals surface area contributed by atoms with Crippen molar-refractivity contribution >= 4 is 25.6 Å². The van der Waals surface area contributed by atoms with Crippen LogP contribution in [0.4, 0.5) is 4.39 Å². The van der Waals surface area contributed by atoms with Crippen LogP contribution in [0.3, 0.4) is 0 Å². The van der Waals surface area contributed by atoms with E-state index in [1.165, 1.54) is 13.0 Å². The molecular formula is C13H15ClFNO3S. The highest BCUT2D eigenvalue weighted by Gasteiger charge is 2.28. The van der Waals surface area contributed by atoms with Gasteiger partial charge in [-0.3, -0.25) is 4.79 Å². The fourth-order valence-corrected chi connectivity index (χ4v) is 3.16. The van der Waals surface area contributed by atoms with Gasteiger partial charge in [-0.15, -0.1) is 0 Å². The van der Waals surface area contributed by atoms with E-state index in [1.54, 1.807) is 11.9 Å². The number of halogens is 2. The fourth-order valence-electron chi connectivity index (χ4n) is 2.18. The summed E-state index contributed by atoms with van der Waals surface area (Å²) in [5.74, 6) is -1.23. The highest BCUT2D eigenvalue weighted by Crippen LogP contribution is 2.27. The smallest absolute Gasteiger partial charge is 0.264 e. The van der Waals surface area contributed by atoms with Crippen molar-refractivity contribution in [2.45, 2.75) is 37.1 Å². The predicted molar refractivity (Wildman–Crippen MR) is 73.9 cm³/mol. The van der Waals surface area contributed by atoms with Gasteiger partial charge in [0, 0.05) is 29.3 Å². The van der Waals surface area contributed by atoms with Crippen LogP contribution in [0.15, 0.2) is 17.0 Å². The number of rotatable bonds is 3. The van der Waals surface area contributed by atoms with Gasteiger partial charge in [0.2, 0.25) is 0 Å². The predicted octanol–water partition coefficient (Wildman–Crippen LogP) is 2.69. The lowest BCUT2D eigenvalue weighted by Crippen LogP contribution is -2.41. The van der Waals surface area contributed by atoms with Crippen LogP contribution in [0.25, 0.3) is 0 Å². The minimum Gasteiger partial charge on any atom is -0.339 e. The summed E-state index contributed by atoms with van der Waals surface area (Å²) in [6.45, 7) is 1.40. The molecule has 0 aromatic heterocycles. The molecule has 20 heavy (non-hydrogen) atoms. The van der Waals surface area contributed by atoms with Gasteiger partial charge in [-0.25, -0.2) is 12.8 Å². The Balaban J connectivity index is 2.42. The lowest BCUT2D eigenvalue weighted by atomic mass is 9.91. The maximum absolute atomic E-state index is 13.8. The fraction of sp³-hybridized carbons (Fsp3) is 0.462. The molecule has 0 radical (unpaired) electrons. The van der Waals surface area contributed by atoms with Crippen molar-refractivity contribution in [2.24, 2.45) is 0 Å². The second-order valence-corrected chi connectivity index (χ2v) is 7.58. The Bertz CT molecular complexity index is 656. The number of carbonyl (C=O) groups is 1. The molecule has 7 heteroatoms. The Kier molecular flexibility index (Phi) is 4.07. The number of carbonyl (C=O) groups excluding carboxylic acids is 1. The van der Waals surface area contributed by atoms with E-state index in [9.17, 15) is 17.6 Å². The van der Waals surface area contributed by atoms with E-state index in [4.69, 9.17) is 10.7 Å². The molecule has 1 aromatic carbocycles. The number of hydrogen-bond donors (Lipinski definition) is 0. The van der Waals surface area contributed by atoms with E-state index in [1.807, 2.05) is 0 Å². The van der Waals surface area contributed by atoms with Gasteiger partial charge in [-0.1, -0.05) is 0 Å². The lowest BCUT2D eigenvalue weighted by molar-refractivity contribution is 0.0651. The molecule has 0 atom stereocenters. The van der Waals surface area contributed by atoms with Gasteiger partial charge < -0.3 is 4.90 Å². The minimum atomic E-state index is -4.22. The first-order chi connectivity index (χ1) is 9.21. The van der Waals surface area contributed by atoms with Crippen LogP contribution in [0.5, 0.6) is 0 Å². The van der Waals surface area contributed by atoms with Gasteiger partial charge in [0.1, 0.15) is 10.7 Å². The van der Waals surface area contributed by atoms with Gasteiger partial charge in [0.25, 0.3) is 15.0 Å². The quantitative estimate of drug-likeness (QED) is 0.805. The van der Waals surface area contributed by atoms with Crippen LogP contribution >= 0.6 is 10.7 Å². The Hall–Kier alpha value is -1.14. The molecule has 0 unspecified atom stereocenters. The molecule has 0 bridgehead atoms. The molecule has 1 aliphatic carbocycles. The van der Waals surface area contributed by atoms with Crippen LogP contribution in [0.1, 0.15) is 35.2 Å². The Labute approximate surface area is 121 Å². The van der Waals surface area contributed by atoms with Gasteiger partial charge >= 0.3 is 0 Å². The summed E-state index contributed by atoms with van der Waals surface area (Å²) >= 11 is 0. The van der Waals surface area contributed by atoms with Crippen LogP contribution in [-0.2, 0) is 9.05 Å². The van der Waals surface area contributed by atoms with E-state index < -0.39 is 19.8 Å². The summed E-state index contributed by atoms with van der Waals surface area (Å²) in [6, 6.07) is 2.52. The molecule has 0 heterocycles. The monoisotopic (exact) mass is 319 g/mol. The molecule has 0 saturated heterocycles. The van der Waals surface area contributed by atoms with Crippen molar-refractivity contribution in [1.29, 1.82) is 0 Å². The highest BCUT2D eigenvalue weighted by atomic mass is 35.7. The molecule has 0 aliphatic heterocycles. The zero-order valence-corrected chi connectivity index (χ0v) is 12.8. The van der Waals surface area contributed by atoms with Crippen LogP contribution in [0, 0.1) is 12.7 Å². The highest BCUT2D eigenvalue weighted by molar-refractivity contribution is 8.13. The molecule has 1 saturated carbocycles. The molecule has 2 rings (SSSR count). The number of aryl methyl sites for hydroxylation is 1. The summed E-state index contributed by atoms with van der Waals surface area (Å²) < 4.78 is 36.5. The van der Waals surface area contributed by atoms with Crippen LogP contribution in [-0.4, -0.2) is 32.3 Å². The molecule has 1 amide bonds.